The number of likely N-dealkylation sites (tertiary alicyclic amines) is 2. The highest BCUT2D eigenvalue weighted by molar-refractivity contribution is 5.86. The van der Waals surface area contributed by atoms with Crippen LogP contribution >= 0.6 is 12.4 Å². The second kappa shape index (κ2) is 7.99. The zero-order valence-corrected chi connectivity index (χ0v) is 16.2. The summed E-state index contributed by atoms with van der Waals surface area (Å²) in [5.41, 5.74) is 8.54. The number of halogens is 1. The summed E-state index contributed by atoms with van der Waals surface area (Å²) in [5, 5.41) is 1.17. The van der Waals surface area contributed by atoms with Crippen LogP contribution in [0.5, 0.6) is 0 Å². The molecule has 0 bridgehead atoms. The summed E-state index contributed by atoms with van der Waals surface area (Å²) >= 11 is 0. The number of hydrogen-bond donors (Lipinski definition) is 2. The van der Waals surface area contributed by atoms with Crippen molar-refractivity contribution in [3.8, 4) is 0 Å². The van der Waals surface area contributed by atoms with Gasteiger partial charge in [0.2, 0.25) is 5.91 Å². The van der Waals surface area contributed by atoms with Crippen molar-refractivity contribution in [2.24, 2.45) is 11.7 Å². The van der Waals surface area contributed by atoms with Crippen molar-refractivity contribution in [3.05, 3.63) is 36.0 Å². The van der Waals surface area contributed by atoms with Crippen LogP contribution in [0.2, 0.25) is 0 Å². The Morgan fingerprint density at radius 1 is 1.31 bits per heavy atom. The monoisotopic (exact) mass is 376 g/mol. The van der Waals surface area contributed by atoms with Crippen LogP contribution in [0.15, 0.2) is 30.5 Å². The van der Waals surface area contributed by atoms with Crippen molar-refractivity contribution in [2.75, 3.05) is 26.7 Å². The van der Waals surface area contributed by atoms with Crippen molar-refractivity contribution in [2.45, 2.75) is 37.8 Å². The van der Waals surface area contributed by atoms with Gasteiger partial charge in [-0.15, -0.1) is 12.4 Å². The Hall–Kier alpha value is -1.56. The van der Waals surface area contributed by atoms with E-state index in [1.54, 1.807) is 0 Å². The van der Waals surface area contributed by atoms with Crippen LogP contribution in [-0.2, 0) is 11.2 Å². The Morgan fingerprint density at radius 2 is 2.12 bits per heavy atom. The van der Waals surface area contributed by atoms with E-state index in [4.69, 9.17) is 5.73 Å². The van der Waals surface area contributed by atoms with Gasteiger partial charge in [-0.05, 0) is 56.8 Å². The molecule has 2 unspecified atom stereocenters. The van der Waals surface area contributed by atoms with Gasteiger partial charge < -0.3 is 20.5 Å². The number of aromatic amines is 1. The van der Waals surface area contributed by atoms with E-state index in [1.807, 2.05) is 23.2 Å². The summed E-state index contributed by atoms with van der Waals surface area (Å²) in [5.74, 6) is 0.716. The lowest BCUT2D eigenvalue weighted by Gasteiger charge is -2.46. The number of hydrogen-bond acceptors (Lipinski definition) is 3. The Labute approximate surface area is 161 Å². The molecule has 26 heavy (non-hydrogen) atoms. The molecule has 2 aromatic rings. The van der Waals surface area contributed by atoms with Crippen molar-refractivity contribution in [3.63, 3.8) is 0 Å². The number of carbonyl (C=O) groups excluding carboxylic acids is 1. The van der Waals surface area contributed by atoms with Crippen LogP contribution in [-0.4, -0.2) is 59.5 Å². The average molecular weight is 377 g/mol. The molecular weight excluding hydrogens is 348 g/mol. The molecule has 6 heteroatoms. The molecule has 2 fully saturated rings. The molecule has 0 spiro atoms. The topological polar surface area (TPSA) is 65.4 Å². The summed E-state index contributed by atoms with van der Waals surface area (Å²) in [6.45, 7) is 2.90. The van der Waals surface area contributed by atoms with E-state index in [0.29, 0.717) is 18.4 Å². The number of fused-ring (bicyclic) bond motifs is 2. The summed E-state index contributed by atoms with van der Waals surface area (Å²) in [6, 6.07) is 8.36. The lowest BCUT2D eigenvalue weighted by Crippen LogP contribution is -2.56. The molecule has 2 aliphatic rings. The fourth-order valence-electron chi connectivity index (χ4n) is 4.71. The van der Waals surface area contributed by atoms with Crippen molar-refractivity contribution in [1.82, 2.24) is 14.8 Å². The molecule has 5 nitrogen and oxygen atoms in total. The minimum Gasteiger partial charge on any atom is -0.361 e. The standard InChI is InChI=1S/C20H28N4O.ClH/c1-23-9-4-5-14-13-24(10-8-19(14)23)20(25)17(21)11-15-12-22-18-7-3-2-6-16(15)18;/h2-3,6-7,12,14,17,19,22H,4-5,8-11,13,21H2,1H3;1H/t14?,17-,19?;/m0./s1. The Balaban J connectivity index is 0.00000196. The van der Waals surface area contributed by atoms with Gasteiger partial charge in [-0.1, -0.05) is 18.2 Å². The van der Waals surface area contributed by atoms with Gasteiger partial charge in [-0.3, -0.25) is 4.79 Å². The summed E-state index contributed by atoms with van der Waals surface area (Å²) in [6.07, 6.45) is 6.12. The molecule has 3 atom stereocenters. The lowest BCUT2D eigenvalue weighted by molar-refractivity contribution is -0.136. The van der Waals surface area contributed by atoms with Crippen LogP contribution in [0.25, 0.3) is 10.9 Å². The Kier molecular flexibility index (Phi) is 5.90. The minimum absolute atomic E-state index is 0. The summed E-state index contributed by atoms with van der Waals surface area (Å²) < 4.78 is 0. The normalized spacial score (nSPS) is 24.8. The molecule has 0 radical (unpaired) electrons. The van der Waals surface area contributed by atoms with Gasteiger partial charge in [0.15, 0.2) is 0 Å². The van der Waals surface area contributed by atoms with E-state index in [0.717, 1.165) is 30.6 Å². The molecule has 3 N–H and O–H groups in total. The average Bonchev–Trinajstić information content (AvgIpc) is 3.04. The zero-order valence-electron chi connectivity index (χ0n) is 15.4. The molecular formula is C20H29ClN4O. The lowest BCUT2D eigenvalue weighted by atomic mass is 9.84. The Morgan fingerprint density at radius 3 is 2.96 bits per heavy atom. The summed E-state index contributed by atoms with van der Waals surface area (Å²) in [7, 11) is 2.22. The predicted molar refractivity (Wildman–Crippen MR) is 108 cm³/mol. The molecule has 142 valence electrons. The maximum absolute atomic E-state index is 12.9. The Bertz CT molecular complexity index is 761. The number of nitrogens with one attached hydrogen (secondary N) is 1. The van der Waals surface area contributed by atoms with Gasteiger partial charge in [0.25, 0.3) is 0 Å². The highest BCUT2D eigenvalue weighted by Gasteiger charge is 2.36. The maximum Gasteiger partial charge on any atom is 0.239 e. The van der Waals surface area contributed by atoms with Crippen LogP contribution in [0, 0.1) is 5.92 Å². The first-order valence-electron chi connectivity index (χ1n) is 9.43. The van der Waals surface area contributed by atoms with Crippen molar-refractivity contribution in [1.29, 1.82) is 0 Å². The second-order valence-electron chi connectivity index (χ2n) is 7.69. The predicted octanol–water partition coefficient (Wildman–Crippen LogP) is 2.40. The quantitative estimate of drug-likeness (QED) is 0.864. The number of H-pyrrole nitrogens is 1. The highest BCUT2D eigenvalue weighted by Crippen LogP contribution is 2.30. The zero-order chi connectivity index (χ0) is 17.4. The first-order valence-corrected chi connectivity index (χ1v) is 9.43. The van der Waals surface area contributed by atoms with E-state index >= 15 is 0 Å². The van der Waals surface area contributed by atoms with E-state index in [2.05, 4.69) is 29.1 Å². The largest absolute Gasteiger partial charge is 0.361 e. The number of nitrogens with two attached hydrogens (primary N) is 1. The van der Waals surface area contributed by atoms with Gasteiger partial charge in [-0.25, -0.2) is 0 Å². The molecule has 1 aromatic heterocycles. The molecule has 3 heterocycles. The molecule has 1 aromatic carbocycles. The number of para-hydroxylation sites is 1. The number of amides is 1. The third-order valence-corrected chi connectivity index (χ3v) is 6.09. The number of rotatable bonds is 3. The van der Waals surface area contributed by atoms with Gasteiger partial charge in [0, 0.05) is 36.2 Å². The van der Waals surface area contributed by atoms with Crippen LogP contribution < -0.4 is 5.73 Å². The van der Waals surface area contributed by atoms with Crippen LogP contribution in [0.3, 0.4) is 0 Å². The number of aromatic nitrogens is 1. The number of nitrogens with zero attached hydrogens (tertiary/aromatic N) is 2. The third-order valence-electron chi connectivity index (χ3n) is 6.09. The maximum atomic E-state index is 12.9. The van der Waals surface area contributed by atoms with Crippen LogP contribution in [0.4, 0.5) is 0 Å². The van der Waals surface area contributed by atoms with Crippen molar-refractivity contribution >= 4 is 29.2 Å². The molecule has 2 aliphatic heterocycles. The van der Waals surface area contributed by atoms with E-state index < -0.39 is 6.04 Å². The fraction of sp³-hybridized carbons (Fsp3) is 0.550. The number of benzene rings is 1. The molecule has 1 amide bonds. The molecule has 0 aliphatic carbocycles. The molecule has 2 saturated heterocycles. The van der Waals surface area contributed by atoms with Gasteiger partial charge >= 0.3 is 0 Å². The van der Waals surface area contributed by atoms with E-state index in [1.165, 1.54) is 24.8 Å². The van der Waals surface area contributed by atoms with E-state index in [9.17, 15) is 4.79 Å². The van der Waals surface area contributed by atoms with Gasteiger partial charge in [0.1, 0.15) is 0 Å². The van der Waals surface area contributed by atoms with Gasteiger partial charge in [-0.2, -0.15) is 0 Å². The SMILES string of the molecule is CN1CCCC2CN(C(=O)[C@@H](N)Cc3c[nH]c4ccccc34)CCC21.Cl. The fourth-order valence-corrected chi connectivity index (χ4v) is 4.71. The van der Waals surface area contributed by atoms with Gasteiger partial charge in [0.05, 0.1) is 6.04 Å². The first kappa shape index (κ1) is 19.2. The number of piperidine rings is 2. The highest BCUT2D eigenvalue weighted by atomic mass is 35.5. The van der Waals surface area contributed by atoms with Crippen LogP contribution in [0.1, 0.15) is 24.8 Å². The van der Waals surface area contributed by atoms with Crippen molar-refractivity contribution < 1.29 is 4.79 Å². The third kappa shape index (κ3) is 3.61. The minimum atomic E-state index is -0.461. The first-order chi connectivity index (χ1) is 12.1. The van der Waals surface area contributed by atoms with E-state index in [-0.39, 0.29) is 18.3 Å². The second-order valence-corrected chi connectivity index (χ2v) is 7.69. The smallest absolute Gasteiger partial charge is 0.239 e. The number of carbonyl (C=O) groups is 1. The molecule has 0 saturated carbocycles. The molecule has 4 rings (SSSR count). The summed E-state index contributed by atoms with van der Waals surface area (Å²) in [4.78, 5) is 20.6.